The van der Waals surface area contributed by atoms with Gasteiger partial charge in [-0.15, -0.1) is 0 Å². The Morgan fingerprint density at radius 3 is 2.56 bits per heavy atom. The minimum absolute atomic E-state index is 0.0271. The molecule has 1 aliphatic carbocycles. The molecule has 0 atom stereocenters. The first-order valence-corrected chi connectivity index (χ1v) is 9.45. The third kappa shape index (κ3) is 7.29. The molecule has 0 saturated heterocycles. The molecule has 0 spiro atoms. The van der Waals surface area contributed by atoms with E-state index in [1.165, 1.54) is 25.5 Å². The Balaban J connectivity index is 1.69. The second-order valence-electron chi connectivity index (χ2n) is 6.66. The Morgan fingerprint density at radius 2 is 1.85 bits per heavy atom. The number of ether oxygens (including phenoxy) is 2. The van der Waals surface area contributed by atoms with Crippen LogP contribution in [0.15, 0.2) is 23.3 Å². The first-order valence-electron chi connectivity index (χ1n) is 9.45. The van der Waals surface area contributed by atoms with E-state index in [9.17, 15) is 9.59 Å². The molecule has 1 aliphatic rings. The molecule has 0 aliphatic heterocycles. The van der Waals surface area contributed by atoms with Crippen molar-refractivity contribution in [3.8, 4) is 11.5 Å². The largest absolute Gasteiger partial charge is 0.497 e. The lowest BCUT2D eigenvalue weighted by Crippen LogP contribution is -2.36. The molecule has 7 heteroatoms. The lowest BCUT2D eigenvalue weighted by Gasteiger charge is -2.22. The van der Waals surface area contributed by atoms with Gasteiger partial charge in [-0.1, -0.05) is 19.3 Å². The van der Waals surface area contributed by atoms with E-state index >= 15 is 0 Å². The van der Waals surface area contributed by atoms with Crippen molar-refractivity contribution in [3.05, 3.63) is 23.8 Å². The molecule has 1 aromatic rings. The smallest absolute Gasteiger partial charge is 0.240 e. The zero-order valence-corrected chi connectivity index (χ0v) is 16.1. The average molecular weight is 375 g/mol. The van der Waals surface area contributed by atoms with Crippen LogP contribution >= 0.6 is 0 Å². The maximum atomic E-state index is 11.9. The summed E-state index contributed by atoms with van der Waals surface area (Å²) >= 11 is 0. The summed E-state index contributed by atoms with van der Waals surface area (Å²) in [5.74, 6) is 1.11. The number of benzene rings is 1. The van der Waals surface area contributed by atoms with Gasteiger partial charge < -0.3 is 14.8 Å². The van der Waals surface area contributed by atoms with Gasteiger partial charge >= 0.3 is 0 Å². The molecule has 0 aromatic heterocycles. The van der Waals surface area contributed by atoms with Crippen LogP contribution in [-0.4, -0.2) is 38.3 Å². The van der Waals surface area contributed by atoms with Crippen molar-refractivity contribution in [2.24, 2.45) is 5.10 Å². The van der Waals surface area contributed by atoms with E-state index in [4.69, 9.17) is 9.47 Å². The van der Waals surface area contributed by atoms with Crippen LogP contribution in [0.1, 0.15) is 56.9 Å². The highest BCUT2D eigenvalue weighted by Gasteiger charge is 2.15. The SMILES string of the molecule is COc1ccc(OC)c(C=NNC(=O)CCCC(=O)NC2CCCCC2)c1. The van der Waals surface area contributed by atoms with Crippen LogP contribution < -0.4 is 20.2 Å². The van der Waals surface area contributed by atoms with Crippen LogP contribution in [0.5, 0.6) is 11.5 Å². The van der Waals surface area contributed by atoms with Crippen molar-refractivity contribution in [1.29, 1.82) is 0 Å². The predicted octanol–water partition coefficient (Wildman–Crippen LogP) is 2.77. The molecule has 0 radical (unpaired) electrons. The molecule has 148 valence electrons. The number of hydrogen-bond donors (Lipinski definition) is 2. The number of carbonyl (C=O) groups excluding carboxylic acids is 2. The number of rotatable bonds is 9. The average Bonchev–Trinajstić information content (AvgIpc) is 2.68. The summed E-state index contributed by atoms with van der Waals surface area (Å²) in [5, 5.41) is 7.01. The molecule has 0 bridgehead atoms. The van der Waals surface area contributed by atoms with Gasteiger partial charge in [0.25, 0.3) is 0 Å². The predicted molar refractivity (Wildman–Crippen MR) is 104 cm³/mol. The van der Waals surface area contributed by atoms with Crippen LogP contribution in [0.25, 0.3) is 0 Å². The molecule has 2 amide bonds. The molecule has 0 unspecified atom stereocenters. The van der Waals surface area contributed by atoms with Gasteiger partial charge in [-0.25, -0.2) is 5.43 Å². The fourth-order valence-electron chi connectivity index (χ4n) is 3.13. The molecule has 27 heavy (non-hydrogen) atoms. The molecule has 2 N–H and O–H groups in total. The van der Waals surface area contributed by atoms with Gasteiger partial charge in [-0.05, 0) is 37.5 Å². The Kier molecular flexibility index (Phi) is 8.61. The maximum Gasteiger partial charge on any atom is 0.240 e. The van der Waals surface area contributed by atoms with Crippen molar-refractivity contribution in [3.63, 3.8) is 0 Å². The van der Waals surface area contributed by atoms with E-state index in [-0.39, 0.29) is 18.2 Å². The van der Waals surface area contributed by atoms with Gasteiger partial charge in [0.15, 0.2) is 0 Å². The Bertz CT molecular complexity index is 655. The third-order valence-corrected chi connectivity index (χ3v) is 4.61. The quantitative estimate of drug-likeness (QED) is 0.513. The molecule has 1 aromatic carbocycles. The number of nitrogens with one attached hydrogen (secondary N) is 2. The monoisotopic (exact) mass is 375 g/mol. The number of carbonyl (C=O) groups is 2. The zero-order chi connectivity index (χ0) is 19.5. The van der Waals surface area contributed by atoms with Crippen LogP contribution in [0.2, 0.25) is 0 Å². The minimum atomic E-state index is -0.224. The van der Waals surface area contributed by atoms with Gasteiger partial charge in [-0.3, -0.25) is 9.59 Å². The maximum absolute atomic E-state index is 11.9. The Labute approximate surface area is 160 Å². The number of methoxy groups -OCH3 is 2. The van der Waals surface area contributed by atoms with Crippen molar-refractivity contribution in [2.45, 2.75) is 57.4 Å². The number of hydrogen-bond acceptors (Lipinski definition) is 5. The molecular formula is C20H29N3O4. The van der Waals surface area contributed by atoms with Crippen LogP contribution in [-0.2, 0) is 9.59 Å². The fourth-order valence-corrected chi connectivity index (χ4v) is 3.13. The lowest BCUT2D eigenvalue weighted by atomic mass is 9.95. The second kappa shape index (κ2) is 11.2. The highest BCUT2D eigenvalue weighted by atomic mass is 16.5. The molecular weight excluding hydrogens is 346 g/mol. The summed E-state index contributed by atoms with van der Waals surface area (Å²) in [7, 11) is 3.14. The van der Waals surface area contributed by atoms with Crippen LogP contribution in [0.4, 0.5) is 0 Å². The summed E-state index contributed by atoms with van der Waals surface area (Å²) in [5.41, 5.74) is 3.18. The third-order valence-electron chi connectivity index (χ3n) is 4.61. The highest BCUT2D eigenvalue weighted by Crippen LogP contribution is 2.22. The van der Waals surface area contributed by atoms with E-state index in [0.29, 0.717) is 35.9 Å². The first-order chi connectivity index (χ1) is 13.1. The molecule has 1 saturated carbocycles. The Hall–Kier alpha value is -2.57. The molecule has 2 rings (SSSR count). The van der Waals surface area contributed by atoms with Gasteiger partial charge in [0.1, 0.15) is 11.5 Å². The van der Waals surface area contributed by atoms with Crippen LogP contribution in [0.3, 0.4) is 0 Å². The van der Waals surface area contributed by atoms with E-state index in [0.717, 1.165) is 12.8 Å². The van der Waals surface area contributed by atoms with Crippen molar-refractivity contribution in [1.82, 2.24) is 10.7 Å². The van der Waals surface area contributed by atoms with E-state index in [1.807, 2.05) is 0 Å². The molecule has 0 heterocycles. The normalized spacial score (nSPS) is 14.7. The number of hydrazone groups is 1. The highest BCUT2D eigenvalue weighted by molar-refractivity contribution is 5.86. The second-order valence-corrected chi connectivity index (χ2v) is 6.66. The van der Waals surface area contributed by atoms with Crippen molar-refractivity contribution < 1.29 is 19.1 Å². The Morgan fingerprint density at radius 1 is 1.11 bits per heavy atom. The summed E-state index contributed by atoms with van der Waals surface area (Å²) in [6.07, 6.45) is 8.38. The van der Waals surface area contributed by atoms with E-state index in [1.54, 1.807) is 32.4 Å². The van der Waals surface area contributed by atoms with Gasteiger partial charge in [-0.2, -0.15) is 5.10 Å². The summed E-state index contributed by atoms with van der Waals surface area (Å²) in [4.78, 5) is 23.8. The summed E-state index contributed by atoms with van der Waals surface area (Å²) < 4.78 is 10.4. The van der Waals surface area contributed by atoms with E-state index < -0.39 is 0 Å². The van der Waals surface area contributed by atoms with Gasteiger partial charge in [0.2, 0.25) is 11.8 Å². The lowest BCUT2D eigenvalue weighted by molar-refractivity contribution is -0.123. The fraction of sp³-hybridized carbons (Fsp3) is 0.550. The standard InChI is InChI=1S/C20H29N3O4/c1-26-17-11-12-18(27-2)15(13-17)14-21-23-20(25)10-6-9-19(24)22-16-7-4-3-5-8-16/h11-14,16H,3-10H2,1-2H3,(H,22,24)(H,23,25). The number of nitrogens with zero attached hydrogens (tertiary/aromatic N) is 1. The van der Waals surface area contributed by atoms with Crippen molar-refractivity contribution >= 4 is 18.0 Å². The van der Waals surface area contributed by atoms with Gasteiger partial charge in [0, 0.05) is 24.4 Å². The van der Waals surface area contributed by atoms with Crippen molar-refractivity contribution in [2.75, 3.05) is 14.2 Å². The first kappa shape index (κ1) is 20.7. The minimum Gasteiger partial charge on any atom is -0.497 e. The van der Waals surface area contributed by atoms with Gasteiger partial charge in [0.05, 0.1) is 20.4 Å². The number of amides is 2. The molecule has 1 fully saturated rings. The zero-order valence-electron chi connectivity index (χ0n) is 16.1. The van der Waals surface area contributed by atoms with E-state index in [2.05, 4.69) is 15.8 Å². The summed E-state index contributed by atoms with van der Waals surface area (Å²) in [6, 6.07) is 5.63. The van der Waals surface area contributed by atoms with Crippen LogP contribution in [0, 0.1) is 0 Å². The topological polar surface area (TPSA) is 89.0 Å². The summed E-state index contributed by atoms with van der Waals surface area (Å²) in [6.45, 7) is 0. The molecule has 7 nitrogen and oxygen atoms in total.